The van der Waals surface area contributed by atoms with Gasteiger partial charge in [-0.25, -0.2) is 13.2 Å². The summed E-state index contributed by atoms with van der Waals surface area (Å²) in [5.74, 6) is -1.74. The summed E-state index contributed by atoms with van der Waals surface area (Å²) in [5.41, 5.74) is 0.994. The van der Waals surface area contributed by atoms with Crippen LogP contribution in [0.5, 0.6) is 0 Å². The Morgan fingerprint density at radius 1 is 1.21 bits per heavy atom. The quantitative estimate of drug-likeness (QED) is 0.525. The van der Waals surface area contributed by atoms with Crippen LogP contribution in [0.1, 0.15) is 27.8 Å². The minimum absolute atomic E-state index is 0.137. The van der Waals surface area contributed by atoms with Crippen molar-refractivity contribution in [2.45, 2.75) is 13.0 Å². The molecule has 3 rings (SSSR count). The molecule has 1 aliphatic heterocycles. The van der Waals surface area contributed by atoms with Gasteiger partial charge in [-0.15, -0.1) is 0 Å². The van der Waals surface area contributed by atoms with Crippen molar-refractivity contribution in [3.63, 3.8) is 0 Å². The van der Waals surface area contributed by atoms with Gasteiger partial charge in [-0.3, -0.25) is 9.59 Å². The molecule has 1 aromatic carbocycles. The number of hydrogen-bond donors (Lipinski definition) is 0. The van der Waals surface area contributed by atoms with Gasteiger partial charge in [0.2, 0.25) is 0 Å². The maximum absolute atomic E-state index is 12.8. The second-order valence-corrected chi connectivity index (χ2v) is 8.61. The zero-order valence-corrected chi connectivity index (χ0v) is 16.8. The molecular formula is C20H20N2O6S. The molecule has 1 amide bonds. The third kappa shape index (κ3) is 4.62. The van der Waals surface area contributed by atoms with Gasteiger partial charge in [-0.2, -0.15) is 0 Å². The average molecular weight is 416 g/mol. The molecule has 0 N–H and O–H groups in total. The highest BCUT2D eigenvalue weighted by Gasteiger charge is 2.32. The fourth-order valence-electron chi connectivity index (χ4n) is 3.06. The molecule has 1 atom stereocenters. The second-order valence-electron chi connectivity index (χ2n) is 6.68. The third-order valence-electron chi connectivity index (χ3n) is 4.49. The number of amides is 1. The number of benzene rings is 1. The van der Waals surface area contributed by atoms with Crippen molar-refractivity contribution in [3.05, 3.63) is 65.3 Å². The number of rotatable bonds is 6. The first-order chi connectivity index (χ1) is 13.7. The fourth-order valence-corrected chi connectivity index (χ4v) is 4.33. The number of ketones is 1. The van der Waals surface area contributed by atoms with E-state index in [0.29, 0.717) is 11.3 Å². The predicted molar refractivity (Wildman–Crippen MR) is 106 cm³/mol. The van der Waals surface area contributed by atoms with Crippen molar-refractivity contribution >= 4 is 33.2 Å². The van der Waals surface area contributed by atoms with E-state index in [1.807, 2.05) is 0 Å². The molecule has 9 heteroatoms. The Bertz CT molecular complexity index is 1090. The minimum atomic E-state index is -3.38. The van der Waals surface area contributed by atoms with Crippen LogP contribution in [-0.2, 0) is 26.4 Å². The average Bonchev–Trinajstić information content (AvgIpc) is 3.23. The summed E-state index contributed by atoms with van der Waals surface area (Å²) in [6, 6.07) is 9.28. The second kappa shape index (κ2) is 8.04. The lowest BCUT2D eigenvalue weighted by molar-refractivity contribution is -0.121. The van der Waals surface area contributed by atoms with Gasteiger partial charge in [-0.1, -0.05) is 18.2 Å². The van der Waals surface area contributed by atoms with Crippen molar-refractivity contribution in [1.82, 2.24) is 4.57 Å². The van der Waals surface area contributed by atoms with Crippen molar-refractivity contribution in [2.75, 3.05) is 17.3 Å². The highest BCUT2D eigenvalue weighted by Crippen LogP contribution is 2.23. The van der Waals surface area contributed by atoms with Crippen LogP contribution in [0.3, 0.4) is 0 Å². The van der Waals surface area contributed by atoms with Crippen LogP contribution >= 0.6 is 0 Å². The first kappa shape index (κ1) is 20.5. The summed E-state index contributed by atoms with van der Waals surface area (Å²) in [6.07, 6.45) is 2.95. The molecule has 8 nitrogen and oxygen atoms in total. The lowest BCUT2D eigenvalue weighted by atomic mass is 10.2. The highest BCUT2D eigenvalue weighted by atomic mass is 32.2. The van der Waals surface area contributed by atoms with Crippen molar-refractivity contribution in [2.24, 2.45) is 7.05 Å². The van der Waals surface area contributed by atoms with E-state index in [-0.39, 0.29) is 17.2 Å². The van der Waals surface area contributed by atoms with Gasteiger partial charge in [0.1, 0.15) is 5.69 Å². The third-order valence-corrected chi connectivity index (χ3v) is 5.87. The molecule has 1 aromatic heterocycles. The molecule has 0 radical (unpaired) electrons. The number of Topliss-reactive ketones (excluding diaryl/α,β-unsaturated/α-hetero) is 1. The molecule has 2 aromatic rings. The Balaban J connectivity index is 1.76. The first-order valence-corrected chi connectivity index (χ1v) is 10.5. The summed E-state index contributed by atoms with van der Waals surface area (Å²) < 4.78 is 30.2. The standard InChI is InChI=1S/C20H20N2O6S/c1-14(23)15-10-18(21(2)11-15)20(25)28-12-19(24)22(16-6-4-3-5-7-16)17-8-9-29(26,27)13-17/h3-11,17H,12-13H2,1-2H3/t17-/m0/s1. The van der Waals surface area contributed by atoms with Crippen LogP contribution in [0.4, 0.5) is 5.69 Å². The molecule has 0 fully saturated rings. The number of aryl methyl sites for hydroxylation is 1. The summed E-state index contributed by atoms with van der Waals surface area (Å²) in [7, 11) is -1.79. The lowest BCUT2D eigenvalue weighted by Gasteiger charge is -2.27. The van der Waals surface area contributed by atoms with Crippen LogP contribution in [0.2, 0.25) is 0 Å². The van der Waals surface area contributed by atoms with Gasteiger partial charge < -0.3 is 14.2 Å². The van der Waals surface area contributed by atoms with E-state index in [1.54, 1.807) is 37.4 Å². The largest absolute Gasteiger partial charge is 0.451 e. The molecule has 2 heterocycles. The molecule has 0 spiro atoms. The summed E-state index contributed by atoms with van der Waals surface area (Å²) in [6.45, 7) is 0.813. The maximum atomic E-state index is 12.8. The Kier molecular flexibility index (Phi) is 5.69. The predicted octanol–water partition coefficient (Wildman–Crippen LogP) is 1.73. The van der Waals surface area contributed by atoms with Crippen LogP contribution in [0.15, 0.2) is 54.1 Å². The Morgan fingerprint density at radius 2 is 1.90 bits per heavy atom. The number of anilines is 1. The van der Waals surface area contributed by atoms with Gasteiger partial charge in [-0.05, 0) is 31.2 Å². The van der Waals surface area contributed by atoms with Crippen molar-refractivity contribution in [3.8, 4) is 0 Å². The molecule has 0 saturated carbocycles. The molecule has 0 saturated heterocycles. The van der Waals surface area contributed by atoms with Gasteiger partial charge >= 0.3 is 5.97 Å². The Morgan fingerprint density at radius 3 is 2.45 bits per heavy atom. The number of para-hydroxylation sites is 1. The van der Waals surface area contributed by atoms with E-state index in [1.165, 1.54) is 34.7 Å². The number of aromatic nitrogens is 1. The Labute approximate surface area is 168 Å². The monoisotopic (exact) mass is 416 g/mol. The molecule has 1 aliphatic rings. The van der Waals surface area contributed by atoms with E-state index >= 15 is 0 Å². The molecule has 0 aliphatic carbocycles. The van der Waals surface area contributed by atoms with E-state index in [2.05, 4.69) is 0 Å². The molecular weight excluding hydrogens is 396 g/mol. The smallest absolute Gasteiger partial charge is 0.355 e. The van der Waals surface area contributed by atoms with Crippen molar-refractivity contribution < 1.29 is 27.5 Å². The normalized spacial score (nSPS) is 17.1. The zero-order valence-electron chi connectivity index (χ0n) is 15.9. The van der Waals surface area contributed by atoms with Gasteiger partial charge in [0.25, 0.3) is 5.91 Å². The molecule has 0 unspecified atom stereocenters. The summed E-state index contributed by atoms with van der Waals surface area (Å²) >= 11 is 0. The highest BCUT2D eigenvalue weighted by molar-refractivity contribution is 7.94. The number of esters is 1. The van der Waals surface area contributed by atoms with E-state index in [4.69, 9.17) is 4.74 Å². The molecule has 0 bridgehead atoms. The van der Waals surface area contributed by atoms with Gasteiger partial charge in [0.05, 0.1) is 11.8 Å². The number of carbonyl (C=O) groups is 3. The zero-order chi connectivity index (χ0) is 21.2. The number of nitrogens with zero attached hydrogens (tertiary/aromatic N) is 2. The van der Waals surface area contributed by atoms with E-state index < -0.39 is 34.4 Å². The maximum Gasteiger partial charge on any atom is 0.355 e. The first-order valence-electron chi connectivity index (χ1n) is 8.80. The Hall–Kier alpha value is -3.20. The van der Waals surface area contributed by atoms with Gasteiger partial charge in [0.15, 0.2) is 22.2 Å². The van der Waals surface area contributed by atoms with E-state index in [9.17, 15) is 22.8 Å². The number of carbonyl (C=O) groups excluding carboxylic acids is 3. The fraction of sp³-hybridized carbons (Fsp3) is 0.250. The van der Waals surface area contributed by atoms with Crippen LogP contribution in [-0.4, -0.2) is 49.0 Å². The van der Waals surface area contributed by atoms with Gasteiger partial charge in [0, 0.05) is 29.9 Å². The van der Waals surface area contributed by atoms with Crippen LogP contribution in [0, 0.1) is 0 Å². The minimum Gasteiger partial charge on any atom is -0.451 e. The lowest BCUT2D eigenvalue weighted by Crippen LogP contribution is -2.43. The van der Waals surface area contributed by atoms with Crippen LogP contribution in [0.25, 0.3) is 0 Å². The molecule has 29 heavy (non-hydrogen) atoms. The SMILES string of the molecule is CC(=O)c1cc(C(=O)OCC(=O)N(c2ccccc2)[C@H]2C=CS(=O)(=O)C2)n(C)c1. The summed E-state index contributed by atoms with van der Waals surface area (Å²) in [5, 5.41) is 1.08. The molecule has 152 valence electrons. The number of sulfone groups is 1. The summed E-state index contributed by atoms with van der Waals surface area (Å²) in [4.78, 5) is 38.0. The number of hydrogen-bond acceptors (Lipinski definition) is 6. The van der Waals surface area contributed by atoms with Crippen LogP contribution < -0.4 is 4.90 Å². The topological polar surface area (TPSA) is 103 Å². The van der Waals surface area contributed by atoms with Crippen molar-refractivity contribution in [1.29, 1.82) is 0 Å². The van der Waals surface area contributed by atoms with E-state index in [0.717, 1.165) is 5.41 Å². The number of ether oxygens (including phenoxy) is 1.